The molecule has 0 aliphatic heterocycles. The fourth-order valence-corrected chi connectivity index (χ4v) is 2.76. The quantitative estimate of drug-likeness (QED) is 0.855. The number of rotatable bonds is 3. The standard InChI is InChI=1S/C13H18N4O/c14-13-11-12(17(8-15-11)6-3-7-18)9-4-1-2-5-10(9)16-13/h8,18H,1-7H2,(H2,14,16). The van der Waals surface area contributed by atoms with Crippen LogP contribution in [0.1, 0.15) is 30.5 Å². The number of nitrogen functional groups attached to an aromatic ring is 1. The van der Waals surface area contributed by atoms with E-state index < -0.39 is 0 Å². The monoisotopic (exact) mass is 246 g/mol. The van der Waals surface area contributed by atoms with Gasteiger partial charge in [0.1, 0.15) is 5.52 Å². The normalized spacial score (nSPS) is 14.9. The van der Waals surface area contributed by atoms with E-state index in [1.165, 1.54) is 18.4 Å². The molecule has 0 amide bonds. The average Bonchev–Trinajstić information content (AvgIpc) is 2.81. The molecule has 0 saturated carbocycles. The molecule has 0 radical (unpaired) electrons. The Morgan fingerprint density at radius 2 is 2.17 bits per heavy atom. The van der Waals surface area contributed by atoms with Gasteiger partial charge in [0.25, 0.3) is 0 Å². The molecular weight excluding hydrogens is 228 g/mol. The van der Waals surface area contributed by atoms with Crippen molar-refractivity contribution < 1.29 is 5.11 Å². The van der Waals surface area contributed by atoms with Gasteiger partial charge in [0.2, 0.25) is 0 Å². The number of pyridine rings is 1. The van der Waals surface area contributed by atoms with Gasteiger partial charge in [0.15, 0.2) is 5.82 Å². The predicted octanol–water partition coefficient (Wildman–Crippen LogP) is 1.27. The van der Waals surface area contributed by atoms with E-state index in [1.54, 1.807) is 0 Å². The molecule has 18 heavy (non-hydrogen) atoms. The van der Waals surface area contributed by atoms with E-state index >= 15 is 0 Å². The maximum Gasteiger partial charge on any atom is 0.151 e. The van der Waals surface area contributed by atoms with Crippen LogP contribution in [0.3, 0.4) is 0 Å². The molecule has 5 nitrogen and oxygen atoms in total. The Bertz CT molecular complexity index is 576. The van der Waals surface area contributed by atoms with E-state index in [0.29, 0.717) is 5.82 Å². The highest BCUT2D eigenvalue weighted by atomic mass is 16.3. The summed E-state index contributed by atoms with van der Waals surface area (Å²) in [5.74, 6) is 0.536. The van der Waals surface area contributed by atoms with Crippen molar-refractivity contribution in [2.75, 3.05) is 12.3 Å². The Labute approximate surface area is 106 Å². The molecule has 1 aliphatic rings. The van der Waals surface area contributed by atoms with Gasteiger partial charge < -0.3 is 15.4 Å². The van der Waals surface area contributed by atoms with Crippen molar-refractivity contribution in [1.29, 1.82) is 0 Å². The van der Waals surface area contributed by atoms with Gasteiger partial charge in [-0.05, 0) is 37.7 Å². The molecule has 0 atom stereocenters. The van der Waals surface area contributed by atoms with Gasteiger partial charge >= 0.3 is 0 Å². The molecule has 0 aromatic carbocycles. The number of anilines is 1. The SMILES string of the molecule is Nc1nc2c(c3c1ncn3CCCO)CCCC2. The minimum Gasteiger partial charge on any atom is -0.396 e. The minimum absolute atomic E-state index is 0.197. The third-order valence-electron chi connectivity index (χ3n) is 3.62. The van der Waals surface area contributed by atoms with E-state index in [1.807, 2.05) is 6.33 Å². The fourth-order valence-electron chi connectivity index (χ4n) is 2.76. The van der Waals surface area contributed by atoms with E-state index in [0.717, 1.165) is 42.5 Å². The number of aliphatic hydroxyl groups is 1. The molecule has 0 bridgehead atoms. The maximum atomic E-state index is 8.96. The van der Waals surface area contributed by atoms with Crippen molar-refractivity contribution in [3.8, 4) is 0 Å². The summed E-state index contributed by atoms with van der Waals surface area (Å²) in [5, 5.41) is 8.96. The van der Waals surface area contributed by atoms with Crippen LogP contribution in [0.15, 0.2) is 6.33 Å². The number of nitrogens with two attached hydrogens (primary N) is 1. The molecule has 2 aromatic heterocycles. The highest BCUT2D eigenvalue weighted by Crippen LogP contribution is 2.30. The second kappa shape index (κ2) is 4.57. The lowest BCUT2D eigenvalue weighted by molar-refractivity contribution is 0.280. The highest BCUT2D eigenvalue weighted by molar-refractivity contribution is 5.88. The summed E-state index contributed by atoms with van der Waals surface area (Å²) in [6.45, 7) is 0.978. The molecule has 3 N–H and O–H groups in total. The molecule has 2 aromatic rings. The van der Waals surface area contributed by atoms with E-state index in [4.69, 9.17) is 10.8 Å². The van der Waals surface area contributed by atoms with Crippen LogP contribution in [0.25, 0.3) is 11.0 Å². The molecule has 0 spiro atoms. The van der Waals surface area contributed by atoms with Gasteiger partial charge in [-0.25, -0.2) is 9.97 Å². The average molecular weight is 246 g/mol. The van der Waals surface area contributed by atoms with Crippen LogP contribution in [0.4, 0.5) is 5.82 Å². The fraction of sp³-hybridized carbons (Fsp3) is 0.538. The van der Waals surface area contributed by atoms with Crippen molar-refractivity contribution in [1.82, 2.24) is 14.5 Å². The zero-order valence-electron chi connectivity index (χ0n) is 10.4. The molecular formula is C13H18N4O. The zero-order valence-corrected chi connectivity index (χ0v) is 10.4. The summed E-state index contributed by atoms with van der Waals surface area (Å²) in [7, 11) is 0. The zero-order chi connectivity index (χ0) is 12.5. The number of hydrogen-bond donors (Lipinski definition) is 2. The molecule has 2 heterocycles. The molecule has 0 unspecified atom stereocenters. The van der Waals surface area contributed by atoms with Gasteiger partial charge in [0.05, 0.1) is 11.8 Å². The number of fused-ring (bicyclic) bond motifs is 3. The van der Waals surface area contributed by atoms with Crippen LogP contribution in [0.2, 0.25) is 0 Å². The van der Waals surface area contributed by atoms with E-state index in [9.17, 15) is 0 Å². The second-order valence-corrected chi connectivity index (χ2v) is 4.84. The molecule has 1 aliphatic carbocycles. The lowest BCUT2D eigenvalue weighted by atomic mass is 9.95. The summed E-state index contributed by atoms with van der Waals surface area (Å²) in [6.07, 6.45) is 7.02. The molecule has 5 heteroatoms. The highest BCUT2D eigenvalue weighted by Gasteiger charge is 2.19. The first-order valence-electron chi connectivity index (χ1n) is 6.54. The Kier molecular flexibility index (Phi) is 2.91. The lowest BCUT2D eigenvalue weighted by Crippen LogP contribution is -2.10. The van der Waals surface area contributed by atoms with Crippen molar-refractivity contribution in [2.24, 2.45) is 0 Å². The van der Waals surface area contributed by atoms with Gasteiger partial charge in [-0.2, -0.15) is 0 Å². The van der Waals surface area contributed by atoms with Crippen LogP contribution in [-0.4, -0.2) is 26.2 Å². The summed E-state index contributed by atoms with van der Waals surface area (Å²) < 4.78 is 2.10. The van der Waals surface area contributed by atoms with Crippen molar-refractivity contribution in [3.05, 3.63) is 17.6 Å². The van der Waals surface area contributed by atoms with Crippen molar-refractivity contribution >= 4 is 16.9 Å². The van der Waals surface area contributed by atoms with Gasteiger partial charge in [0, 0.05) is 18.8 Å². The number of hydrogen-bond acceptors (Lipinski definition) is 4. The van der Waals surface area contributed by atoms with Crippen molar-refractivity contribution in [2.45, 2.75) is 38.6 Å². The van der Waals surface area contributed by atoms with Crippen LogP contribution in [0.5, 0.6) is 0 Å². The van der Waals surface area contributed by atoms with Gasteiger partial charge in [-0.3, -0.25) is 0 Å². The molecule has 0 saturated heterocycles. The van der Waals surface area contributed by atoms with Crippen LogP contribution >= 0.6 is 0 Å². The number of imidazole rings is 1. The van der Waals surface area contributed by atoms with Gasteiger partial charge in [-0.15, -0.1) is 0 Å². The first kappa shape index (κ1) is 11.5. The van der Waals surface area contributed by atoms with E-state index in [2.05, 4.69) is 14.5 Å². The largest absolute Gasteiger partial charge is 0.396 e. The summed E-state index contributed by atoms with van der Waals surface area (Å²) in [5.41, 5.74) is 10.4. The first-order valence-corrected chi connectivity index (χ1v) is 6.54. The number of nitrogens with zero attached hydrogens (tertiary/aromatic N) is 3. The Balaban J connectivity index is 2.17. The third-order valence-corrected chi connectivity index (χ3v) is 3.62. The van der Waals surface area contributed by atoms with Crippen LogP contribution in [-0.2, 0) is 19.4 Å². The number of aromatic nitrogens is 3. The van der Waals surface area contributed by atoms with Crippen LogP contribution < -0.4 is 5.73 Å². The predicted molar refractivity (Wildman–Crippen MR) is 70.3 cm³/mol. The summed E-state index contributed by atoms with van der Waals surface area (Å²) in [4.78, 5) is 8.86. The Hall–Kier alpha value is -1.62. The topological polar surface area (TPSA) is 77.0 Å². The third kappa shape index (κ3) is 1.75. The Morgan fingerprint density at radius 3 is 3.00 bits per heavy atom. The molecule has 0 fully saturated rings. The number of aryl methyl sites for hydroxylation is 3. The molecule has 3 rings (SSSR count). The summed E-state index contributed by atoms with van der Waals surface area (Å²) >= 11 is 0. The maximum absolute atomic E-state index is 8.96. The Morgan fingerprint density at radius 1 is 1.33 bits per heavy atom. The van der Waals surface area contributed by atoms with E-state index in [-0.39, 0.29) is 6.61 Å². The smallest absolute Gasteiger partial charge is 0.151 e. The summed E-state index contributed by atoms with van der Waals surface area (Å²) in [6, 6.07) is 0. The number of aliphatic hydroxyl groups excluding tert-OH is 1. The lowest BCUT2D eigenvalue weighted by Gasteiger charge is -2.17. The van der Waals surface area contributed by atoms with Crippen molar-refractivity contribution in [3.63, 3.8) is 0 Å². The van der Waals surface area contributed by atoms with Crippen LogP contribution in [0, 0.1) is 0 Å². The second-order valence-electron chi connectivity index (χ2n) is 4.84. The van der Waals surface area contributed by atoms with Gasteiger partial charge in [-0.1, -0.05) is 0 Å². The first-order chi connectivity index (χ1) is 8.81. The minimum atomic E-state index is 0.197. The molecule has 96 valence electrons.